The molecule has 0 aliphatic carbocycles. The minimum atomic E-state index is -1.26. The summed E-state index contributed by atoms with van der Waals surface area (Å²) in [4.78, 5) is 20.5. The van der Waals surface area contributed by atoms with E-state index in [0.29, 0.717) is 0 Å². The molecule has 56 valence electrons. The Balaban J connectivity index is 4.16. The van der Waals surface area contributed by atoms with E-state index in [-0.39, 0.29) is 12.2 Å². The first-order valence-electron chi connectivity index (χ1n) is 2.81. The Labute approximate surface area is 58.3 Å². The van der Waals surface area contributed by atoms with Gasteiger partial charge in [0.25, 0.3) is 0 Å². The van der Waals surface area contributed by atoms with Crippen LogP contribution in [0.2, 0.25) is 0 Å². The van der Waals surface area contributed by atoms with Crippen molar-refractivity contribution >= 4 is 11.8 Å². The Morgan fingerprint density at radius 3 is 2.40 bits per heavy atom. The van der Waals surface area contributed by atoms with Gasteiger partial charge in [-0.15, -0.1) is 0 Å². The van der Waals surface area contributed by atoms with E-state index in [1.54, 1.807) is 6.92 Å². The third kappa shape index (κ3) is 2.86. The van der Waals surface area contributed by atoms with Crippen molar-refractivity contribution in [1.29, 1.82) is 0 Å². The molecular formula is C6H9NO3. The van der Waals surface area contributed by atoms with Crippen LogP contribution < -0.4 is 5.73 Å². The molecule has 0 radical (unpaired) electrons. The van der Waals surface area contributed by atoms with Crippen molar-refractivity contribution in [3.8, 4) is 0 Å². The molecule has 0 bridgehead atoms. The second-order valence-electron chi connectivity index (χ2n) is 1.72. The predicted octanol–water partition coefficient (Wildman–Crippen LogP) is -0.107. The molecule has 0 saturated heterocycles. The fourth-order valence-electron chi connectivity index (χ4n) is 0.337. The maximum Gasteiger partial charge on any atom is 0.351 e. The van der Waals surface area contributed by atoms with Gasteiger partial charge in [-0.3, -0.25) is 4.79 Å². The average molecular weight is 143 g/mol. The Kier molecular flexibility index (Phi) is 3.17. The smallest absolute Gasteiger partial charge is 0.351 e. The number of hydrogen-bond donors (Lipinski definition) is 2. The van der Waals surface area contributed by atoms with Gasteiger partial charge in [-0.1, -0.05) is 6.92 Å². The van der Waals surface area contributed by atoms with Crippen LogP contribution in [0.1, 0.15) is 13.3 Å². The van der Waals surface area contributed by atoms with E-state index in [0.717, 1.165) is 6.08 Å². The van der Waals surface area contributed by atoms with Crippen molar-refractivity contribution in [1.82, 2.24) is 0 Å². The van der Waals surface area contributed by atoms with Gasteiger partial charge < -0.3 is 10.8 Å². The van der Waals surface area contributed by atoms with Crippen molar-refractivity contribution in [3.05, 3.63) is 11.8 Å². The quantitative estimate of drug-likeness (QED) is 0.540. The first-order valence-corrected chi connectivity index (χ1v) is 2.81. The van der Waals surface area contributed by atoms with E-state index in [9.17, 15) is 9.59 Å². The molecule has 0 aromatic carbocycles. The molecule has 4 heteroatoms. The molecule has 0 aromatic rings. The standard InChI is InChI=1S/C6H9NO3/c1-2-4(8)3-5(7)6(9)10/h3H,2,7H2,1H3,(H,9,10). The van der Waals surface area contributed by atoms with Crippen LogP contribution in [0.4, 0.5) is 0 Å². The summed E-state index contributed by atoms with van der Waals surface area (Å²) in [6, 6.07) is 0. The number of carbonyl (C=O) groups is 2. The van der Waals surface area contributed by atoms with Crippen LogP contribution in [0.25, 0.3) is 0 Å². The van der Waals surface area contributed by atoms with Gasteiger partial charge in [-0.25, -0.2) is 4.79 Å². The lowest BCUT2D eigenvalue weighted by molar-refractivity contribution is -0.133. The maximum absolute atomic E-state index is 10.5. The van der Waals surface area contributed by atoms with Crippen molar-refractivity contribution in [2.45, 2.75) is 13.3 Å². The Bertz CT molecular complexity index is 183. The van der Waals surface area contributed by atoms with Gasteiger partial charge in [-0.05, 0) is 0 Å². The van der Waals surface area contributed by atoms with Crippen molar-refractivity contribution in [2.75, 3.05) is 0 Å². The highest BCUT2D eigenvalue weighted by molar-refractivity contribution is 5.97. The molecule has 0 amide bonds. The molecule has 0 fully saturated rings. The predicted molar refractivity (Wildman–Crippen MR) is 35.2 cm³/mol. The van der Waals surface area contributed by atoms with Gasteiger partial charge in [0.2, 0.25) is 0 Å². The van der Waals surface area contributed by atoms with Crippen LogP contribution in [-0.2, 0) is 9.59 Å². The normalized spacial score (nSPS) is 11.1. The topological polar surface area (TPSA) is 80.4 Å². The Hall–Kier alpha value is -1.32. The molecule has 0 unspecified atom stereocenters. The summed E-state index contributed by atoms with van der Waals surface area (Å²) in [6.07, 6.45) is 1.19. The van der Waals surface area contributed by atoms with Gasteiger partial charge in [0.15, 0.2) is 5.78 Å². The molecule has 0 aromatic heterocycles. The number of ketones is 1. The summed E-state index contributed by atoms with van der Waals surface area (Å²) in [5, 5.41) is 8.18. The van der Waals surface area contributed by atoms with Crippen molar-refractivity contribution < 1.29 is 14.7 Å². The molecule has 0 heterocycles. The van der Waals surface area contributed by atoms with Crippen LogP contribution in [0.3, 0.4) is 0 Å². The van der Waals surface area contributed by atoms with E-state index >= 15 is 0 Å². The Morgan fingerprint density at radius 2 is 2.10 bits per heavy atom. The fraction of sp³-hybridized carbons (Fsp3) is 0.333. The summed E-state index contributed by atoms with van der Waals surface area (Å²) in [6.45, 7) is 1.63. The van der Waals surface area contributed by atoms with Gasteiger partial charge in [0.05, 0.1) is 0 Å². The van der Waals surface area contributed by atoms with Crippen LogP contribution in [0.15, 0.2) is 11.8 Å². The minimum absolute atomic E-state index is 0.272. The lowest BCUT2D eigenvalue weighted by Gasteiger charge is -1.90. The van der Waals surface area contributed by atoms with Crippen LogP contribution >= 0.6 is 0 Å². The van der Waals surface area contributed by atoms with E-state index < -0.39 is 11.7 Å². The zero-order chi connectivity index (χ0) is 8.15. The van der Waals surface area contributed by atoms with E-state index in [2.05, 4.69) is 0 Å². The van der Waals surface area contributed by atoms with Crippen LogP contribution in [0, 0.1) is 0 Å². The van der Waals surface area contributed by atoms with E-state index in [4.69, 9.17) is 10.8 Å². The summed E-state index contributed by atoms with van der Waals surface area (Å²) in [5.41, 5.74) is 4.52. The monoisotopic (exact) mass is 143 g/mol. The summed E-state index contributed by atoms with van der Waals surface area (Å²) < 4.78 is 0. The number of allylic oxidation sites excluding steroid dienone is 1. The molecule has 0 atom stereocenters. The highest BCUT2D eigenvalue weighted by atomic mass is 16.4. The number of carbonyl (C=O) groups excluding carboxylic acids is 1. The SMILES string of the molecule is CCC(=O)C=C(N)C(=O)O. The third-order valence-corrected chi connectivity index (χ3v) is 0.912. The van der Waals surface area contributed by atoms with Gasteiger partial charge >= 0.3 is 5.97 Å². The molecule has 4 nitrogen and oxygen atoms in total. The van der Waals surface area contributed by atoms with Gasteiger partial charge in [0, 0.05) is 12.5 Å². The van der Waals surface area contributed by atoms with E-state index in [1.165, 1.54) is 0 Å². The number of carboxylic acids is 1. The Morgan fingerprint density at radius 1 is 1.60 bits per heavy atom. The lowest BCUT2D eigenvalue weighted by atomic mass is 10.2. The summed E-state index contributed by atoms with van der Waals surface area (Å²) in [7, 11) is 0. The molecule has 3 N–H and O–H groups in total. The van der Waals surface area contributed by atoms with Crippen molar-refractivity contribution in [3.63, 3.8) is 0 Å². The molecular weight excluding hydrogens is 134 g/mol. The first-order chi connectivity index (χ1) is 4.57. The lowest BCUT2D eigenvalue weighted by Crippen LogP contribution is -2.11. The average Bonchev–Trinajstić information content (AvgIpc) is 1.87. The maximum atomic E-state index is 10.5. The van der Waals surface area contributed by atoms with Gasteiger partial charge in [-0.2, -0.15) is 0 Å². The largest absolute Gasteiger partial charge is 0.477 e. The summed E-state index contributed by atoms with van der Waals surface area (Å²) in [5.74, 6) is -1.54. The second kappa shape index (κ2) is 3.66. The van der Waals surface area contributed by atoms with E-state index in [1.807, 2.05) is 0 Å². The number of hydrogen-bond acceptors (Lipinski definition) is 3. The first kappa shape index (κ1) is 8.68. The molecule has 0 rings (SSSR count). The molecule has 0 aliphatic heterocycles. The third-order valence-electron chi connectivity index (χ3n) is 0.912. The number of carboxylic acid groups (broad SMARTS) is 1. The highest BCUT2D eigenvalue weighted by Gasteiger charge is 2.02. The van der Waals surface area contributed by atoms with Crippen LogP contribution in [-0.4, -0.2) is 16.9 Å². The molecule has 10 heavy (non-hydrogen) atoms. The zero-order valence-corrected chi connectivity index (χ0v) is 5.63. The number of rotatable bonds is 3. The second-order valence-corrected chi connectivity index (χ2v) is 1.72. The molecule has 0 saturated carbocycles. The number of nitrogens with two attached hydrogens (primary N) is 1. The van der Waals surface area contributed by atoms with Crippen LogP contribution in [0.5, 0.6) is 0 Å². The number of aliphatic carboxylic acids is 1. The fourth-order valence-corrected chi connectivity index (χ4v) is 0.337. The zero-order valence-electron chi connectivity index (χ0n) is 5.63. The highest BCUT2D eigenvalue weighted by Crippen LogP contribution is 1.88. The summed E-state index contributed by atoms with van der Waals surface area (Å²) >= 11 is 0. The minimum Gasteiger partial charge on any atom is -0.477 e. The molecule has 0 aliphatic rings. The molecule has 0 spiro atoms. The van der Waals surface area contributed by atoms with Gasteiger partial charge in [0.1, 0.15) is 5.70 Å². The van der Waals surface area contributed by atoms with Crippen molar-refractivity contribution in [2.24, 2.45) is 5.73 Å².